The van der Waals surface area contributed by atoms with Crippen LogP contribution in [0.1, 0.15) is 10.4 Å². The van der Waals surface area contributed by atoms with Gasteiger partial charge in [-0.15, -0.1) is 0 Å². The molecule has 0 atom stereocenters. The number of halogens is 2. The van der Waals surface area contributed by atoms with Crippen LogP contribution < -0.4 is 4.72 Å². The van der Waals surface area contributed by atoms with Gasteiger partial charge in [0.15, 0.2) is 5.82 Å². The third-order valence-corrected chi connectivity index (χ3v) is 4.41. The summed E-state index contributed by atoms with van der Waals surface area (Å²) in [6, 6.07) is 2.71. The predicted molar refractivity (Wildman–Crippen MR) is 68.4 cm³/mol. The summed E-state index contributed by atoms with van der Waals surface area (Å²) in [5, 5.41) is 11.8. The minimum atomic E-state index is -4.34. The highest BCUT2D eigenvalue weighted by molar-refractivity contribution is 7.92. The Hall–Kier alpha value is -2.00. The zero-order valence-electron chi connectivity index (χ0n) is 9.63. The normalized spacial score (nSPS) is 11.3. The lowest BCUT2D eigenvalue weighted by atomic mass is 10.2. The third kappa shape index (κ3) is 2.63. The number of thiophene rings is 1. The van der Waals surface area contributed by atoms with Crippen molar-refractivity contribution in [3.05, 3.63) is 46.2 Å². The van der Waals surface area contributed by atoms with Crippen molar-refractivity contribution < 1.29 is 27.1 Å². The molecule has 2 rings (SSSR count). The van der Waals surface area contributed by atoms with Crippen LogP contribution in [-0.4, -0.2) is 19.5 Å². The quantitative estimate of drug-likeness (QED) is 0.907. The highest BCUT2D eigenvalue weighted by Crippen LogP contribution is 2.24. The van der Waals surface area contributed by atoms with Crippen molar-refractivity contribution in [2.75, 3.05) is 4.72 Å². The van der Waals surface area contributed by atoms with Gasteiger partial charge in [-0.25, -0.2) is 22.0 Å². The van der Waals surface area contributed by atoms with E-state index < -0.39 is 38.1 Å². The van der Waals surface area contributed by atoms with Crippen molar-refractivity contribution in [1.29, 1.82) is 0 Å². The standard InChI is InChI=1S/C11H7F2NO4S2/c12-7-1-2-8(10(13)9(7)11(15)16)20(17,18)14-6-3-4-19-5-6/h1-5,14H,(H,15,16). The maximum atomic E-state index is 13.9. The molecule has 0 aliphatic rings. The average Bonchev–Trinajstić information content (AvgIpc) is 2.79. The number of hydrogen-bond acceptors (Lipinski definition) is 4. The fourth-order valence-electron chi connectivity index (χ4n) is 1.47. The van der Waals surface area contributed by atoms with Crippen molar-refractivity contribution in [2.45, 2.75) is 4.90 Å². The molecule has 0 radical (unpaired) electrons. The Morgan fingerprint density at radius 3 is 2.50 bits per heavy atom. The predicted octanol–water partition coefficient (Wildman–Crippen LogP) is 2.53. The van der Waals surface area contributed by atoms with Crippen molar-refractivity contribution in [1.82, 2.24) is 0 Å². The molecule has 106 valence electrons. The fraction of sp³-hybridized carbons (Fsp3) is 0. The molecule has 0 bridgehead atoms. The largest absolute Gasteiger partial charge is 0.477 e. The summed E-state index contributed by atoms with van der Waals surface area (Å²) in [7, 11) is -4.34. The lowest BCUT2D eigenvalue weighted by Crippen LogP contribution is -2.17. The topological polar surface area (TPSA) is 83.5 Å². The number of benzene rings is 1. The van der Waals surface area contributed by atoms with Crippen LogP contribution in [0.25, 0.3) is 0 Å². The van der Waals surface area contributed by atoms with Gasteiger partial charge in [-0.3, -0.25) is 4.72 Å². The van der Waals surface area contributed by atoms with Gasteiger partial charge < -0.3 is 5.11 Å². The van der Waals surface area contributed by atoms with Crippen LogP contribution in [0.4, 0.5) is 14.5 Å². The molecule has 5 nitrogen and oxygen atoms in total. The molecular weight excluding hydrogens is 312 g/mol. The summed E-state index contributed by atoms with van der Waals surface area (Å²) in [5.41, 5.74) is -1.10. The Morgan fingerprint density at radius 2 is 1.95 bits per heavy atom. The summed E-state index contributed by atoms with van der Waals surface area (Å²) in [6.45, 7) is 0. The number of sulfonamides is 1. The summed E-state index contributed by atoms with van der Waals surface area (Å²) in [5.74, 6) is -4.86. The molecule has 9 heteroatoms. The van der Waals surface area contributed by atoms with Gasteiger partial charge in [-0.05, 0) is 23.6 Å². The van der Waals surface area contributed by atoms with E-state index in [0.29, 0.717) is 12.1 Å². The molecule has 0 amide bonds. The van der Waals surface area contributed by atoms with Crippen LogP contribution in [0.15, 0.2) is 33.9 Å². The summed E-state index contributed by atoms with van der Waals surface area (Å²) < 4.78 is 53.0. The van der Waals surface area contributed by atoms with Gasteiger partial charge in [0, 0.05) is 5.38 Å². The highest BCUT2D eigenvalue weighted by Gasteiger charge is 2.27. The molecule has 0 saturated carbocycles. The number of anilines is 1. The van der Waals surface area contributed by atoms with Crippen LogP contribution in [0.2, 0.25) is 0 Å². The fourth-order valence-corrected chi connectivity index (χ4v) is 3.26. The molecule has 0 saturated heterocycles. The molecule has 0 aliphatic carbocycles. The molecular formula is C11H7F2NO4S2. The summed E-state index contributed by atoms with van der Waals surface area (Å²) in [6.07, 6.45) is 0. The summed E-state index contributed by atoms with van der Waals surface area (Å²) in [4.78, 5) is 9.82. The number of hydrogen-bond donors (Lipinski definition) is 2. The highest BCUT2D eigenvalue weighted by atomic mass is 32.2. The van der Waals surface area contributed by atoms with Gasteiger partial charge in [-0.1, -0.05) is 0 Å². The summed E-state index contributed by atoms with van der Waals surface area (Å²) >= 11 is 1.22. The molecule has 1 heterocycles. The number of carboxylic acids is 1. The monoisotopic (exact) mass is 319 g/mol. The molecule has 0 fully saturated rings. The van der Waals surface area contributed by atoms with Gasteiger partial charge in [0.2, 0.25) is 0 Å². The molecule has 2 aromatic rings. The number of carbonyl (C=O) groups is 1. The second-order valence-corrected chi connectivity index (χ2v) is 6.09. The van der Waals surface area contributed by atoms with E-state index in [2.05, 4.69) is 4.72 Å². The van der Waals surface area contributed by atoms with E-state index in [1.54, 1.807) is 5.38 Å². The smallest absolute Gasteiger partial charge is 0.341 e. The first-order valence-electron chi connectivity index (χ1n) is 5.09. The van der Waals surface area contributed by atoms with Crippen molar-refractivity contribution in [3.63, 3.8) is 0 Å². The van der Waals surface area contributed by atoms with Crippen LogP contribution in [0.5, 0.6) is 0 Å². The zero-order chi connectivity index (χ0) is 14.9. The van der Waals surface area contributed by atoms with Gasteiger partial charge in [-0.2, -0.15) is 11.3 Å². The third-order valence-electron chi connectivity index (χ3n) is 2.33. The first kappa shape index (κ1) is 14.4. The minimum absolute atomic E-state index is 0.204. The second-order valence-electron chi connectivity index (χ2n) is 3.66. The molecule has 1 aromatic heterocycles. The molecule has 1 aromatic carbocycles. The second kappa shape index (κ2) is 5.17. The van der Waals surface area contributed by atoms with Crippen LogP contribution in [0.3, 0.4) is 0 Å². The Labute approximate surface area is 116 Å². The van der Waals surface area contributed by atoms with E-state index in [0.717, 1.165) is 0 Å². The first-order chi connectivity index (χ1) is 9.33. The van der Waals surface area contributed by atoms with E-state index >= 15 is 0 Å². The number of aromatic carboxylic acids is 1. The Morgan fingerprint density at radius 1 is 1.25 bits per heavy atom. The first-order valence-corrected chi connectivity index (χ1v) is 7.52. The molecule has 0 unspecified atom stereocenters. The molecule has 0 spiro atoms. The number of carboxylic acid groups (broad SMARTS) is 1. The van der Waals surface area contributed by atoms with E-state index in [1.807, 2.05) is 0 Å². The number of rotatable bonds is 4. The Balaban J connectivity index is 2.53. The van der Waals surface area contributed by atoms with Crippen molar-refractivity contribution >= 4 is 33.0 Å². The van der Waals surface area contributed by atoms with Crippen molar-refractivity contribution in [3.8, 4) is 0 Å². The average molecular weight is 319 g/mol. The Kier molecular flexibility index (Phi) is 3.73. The minimum Gasteiger partial charge on any atom is -0.477 e. The number of nitrogens with one attached hydrogen (secondary N) is 1. The van der Waals surface area contributed by atoms with Gasteiger partial charge in [0.05, 0.1) is 5.69 Å². The maximum absolute atomic E-state index is 13.9. The van der Waals surface area contributed by atoms with E-state index in [9.17, 15) is 22.0 Å². The molecule has 20 heavy (non-hydrogen) atoms. The van der Waals surface area contributed by atoms with Gasteiger partial charge in [0.1, 0.15) is 16.3 Å². The zero-order valence-corrected chi connectivity index (χ0v) is 11.3. The van der Waals surface area contributed by atoms with Gasteiger partial charge >= 0.3 is 5.97 Å². The van der Waals surface area contributed by atoms with E-state index in [-0.39, 0.29) is 5.69 Å². The molecule has 0 aliphatic heterocycles. The van der Waals surface area contributed by atoms with E-state index in [4.69, 9.17) is 5.11 Å². The van der Waals surface area contributed by atoms with Crippen LogP contribution in [0, 0.1) is 11.6 Å². The van der Waals surface area contributed by atoms with Gasteiger partial charge in [0.25, 0.3) is 10.0 Å². The van der Waals surface area contributed by atoms with Crippen molar-refractivity contribution in [2.24, 2.45) is 0 Å². The van der Waals surface area contributed by atoms with Crippen LogP contribution >= 0.6 is 11.3 Å². The lowest BCUT2D eigenvalue weighted by Gasteiger charge is -2.09. The SMILES string of the molecule is O=C(O)c1c(F)ccc(S(=O)(=O)Nc2ccsc2)c1F. The molecule has 2 N–H and O–H groups in total. The maximum Gasteiger partial charge on any atom is 0.341 e. The lowest BCUT2D eigenvalue weighted by molar-refractivity contribution is 0.0685. The van der Waals surface area contributed by atoms with Crippen LogP contribution in [-0.2, 0) is 10.0 Å². The van der Waals surface area contributed by atoms with E-state index in [1.165, 1.54) is 22.8 Å². The Bertz CT molecular complexity index is 757.